The predicted molar refractivity (Wildman–Crippen MR) is 186 cm³/mol. The van der Waals surface area contributed by atoms with Gasteiger partial charge < -0.3 is 11.5 Å². The van der Waals surface area contributed by atoms with Gasteiger partial charge >= 0.3 is 0 Å². The molecule has 2 aromatic heterocycles. The lowest BCUT2D eigenvalue weighted by Crippen LogP contribution is -2.52. The smallest absolute Gasteiger partial charge is 0.234 e. The SMILES string of the molecule is CN1C(=O)C[C@@](C)(c2ccc(-c3cccc(C#N)c3)s2)N=C1N.C[C@H]1C(=O)N(C)C(N)=N[C@]1(C)c1cccc(-c2ccc(C#N)s2)c1. The van der Waals surface area contributed by atoms with Crippen LogP contribution in [0.5, 0.6) is 0 Å². The maximum absolute atomic E-state index is 12.5. The van der Waals surface area contributed by atoms with Crippen LogP contribution in [-0.2, 0) is 20.7 Å². The van der Waals surface area contributed by atoms with Crippen LogP contribution in [-0.4, -0.2) is 47.6 Å². The van der Waals surface area contributed by atoms with Crippen molar-refractivity contribution in [2.24, 2.45) is 27.4 Å². The molecule has 2 aliphatic heterocycles. The van der Waals surface area contributed by atoms with Gasteiger partial charge in [-0.15, -0.1) is 22.7 Å². The molecular weight excluding hydrogens is 629 g/mol. The average molecular weight is 663 g/mol. The molecule has 2 aliphatic rings. The lowest BCUT2D eigenvalue weighted by Gasteiger charge is -2.39. The number of carbonyl (C=O) groups is 2. The summed E-state index contributed by atoms with van der Waals surface area (Å²) in [5, 5.41) is 18.0. The van der Waals surface area contributed by atoms with Crippen molar-refractivity contribution in [2.45, 2.75) is 38.3 Å². The molecule has 12 heteroatoms. The molecule has 0 spiro atoms. The van der Waals surface area contributed by atoms with E-state index < -0.39 is 11.1 Å². The minimum absolute atomic E-state index is 0.0403. The number of hydrogen-bond acceptors (Lipinski definition) is 10. The highest BCUT2D eigenvalue weighted by Crippen LogP contribution is 2.41. The predicted octanol–water partition coefficient (Wildman–Crippen LogP) is 5.60. The Hall–Kier alpha value is -5.30. The molecule has 238 valence electrons. The van der Waals surface area contributed by atoms with Gasteiger partial charge in [0.25, 0.3) is 0 Å². The van der Waals surface area contributed by atoms with Crippen LogP contribution in [0, 0.1) is 28.6 Å². The van der Waals surface area contributed by atoms with E-state index in [1.807, 2.05) is 87.5 Å². The number of nitriles is 2. The number of nitrogens with zero attached hydrogens (tertiary/aromatic N) is 6. The van der Waals surface area contributed by atoms with E-state index in [-0.39, 0.29) is 29.7 Å². The van der Waals surface area contributed by atoms with E-state index in [4.69, 9.17) is 22.0 Å². The van der Waals surface area contributed by atoms with E-state index in [2.05, 4.69) is 22.1 Å². The van der Waals surface area contributed by atoms with Crippen molar-refractivity contribution in [2.75, 3.05) is 14.1 Å². The van der Waals surface area contributed by atoms with Crippen molar-refractivity contribution in [3.63, 3.8) is 0 Å². The first-order chi connectivity index (χ1) is 22.3. The fourth-order valence-electron chi connectivity index (χ4n) is 5.48. The van der Waals surface area contributed by atoms with E-state index in [1.165, 1.54) is 21.1 Å². The van der Waals surface area contributed by atoms with Crippen molar-refractivity contribution in [1.29, 1.82) is 10.5 Å². The first-order valence-electron chi connectivity index (χ1n) is 14.8. The molecular formula is C35H34N8O2S2. The molecule has 0 fully saturated rings. The molecule has 10 nitrogen and oxygen atoms in total. The minimum Gasteiger partial charge on any atom is -0.369 e. The van der Waals surface area contributed by atoms with Crippen LogP contribution in [0.3, 0.4) is 0 Å². The van der Waals surface area contributed by atoms with E-state index in [9.17, 15) is 9.59 Å². The van der Waals surface area contributed by atoms with Gasteiger partial charge in [-0.25, -0.2) is 9.98 Å². The first kappa shape index (κ1) is 33.1. The summed E-state index contributed by atoms with van der Waals surface area (Å²) in [6, 6.07) is 27.4. The second kappa shape index (κ2) is 12.8. The Kier molecular flexibility index (Phi) is 9.03. The Balaban J connectivity index is 0.000000185. The second-order valence-electron chi connectivity index (χ2n) is 11.8. The standard InChI is InChI=1S/C18H18N4OS.C17H16N4OS/c1-11-16(23)22(3)17(20)21-18(11,2)13-6-4-5-12(9-13)15-8-7-14(10-19)24-15;1-17(9-15(22)21(2)16(19)20-17)14-7-6-13(23-14)12-5-3-4-11(8-12)10-18/h4-9,11H,1-3H3,(H2,20,21);3-8H,9H2,1-2H3,(H2,19,20)/t11-,18-;17-/m00/s1. The number of thiophene rings is 2. The third-order valence-electron chi connectivity index (χ3n) is 8.67. The lowest BCUT2D eigenvalue weighted by atomic mass is 9.79. The highest BCUT2D eigenvalue weighted by Gasteiger charge is 2.43. The second-order valence-corrected chi connectivity index (χ2v) is 14.0. The van der Waals surface area contributed by atoms with Crippen LogP contribution in [0.15, 0.2) is 82.8 Å². The van der Waals surface area contributed by atoms with Crippen molar-refractivity contribution in [1.82, 2.24) is 9.80 Å². The molecule has 47 heavy (non-hydrogen) atoms. The van der Waals surface area contributed by atoms with Crippen molar-refractivity contribution < 1.29 is 9.59 Å². The van der Waals surface area contributed by atoms with Crippen molar-refractivity contribution in [3.8, 4) is 33.0 Å². The fourth-order valence-corrected chi connectivity index (χ4v) is 7.37. The summed E-state index contributed by atoms with van der Waals surface area (Å²) in [5.41, 5.74) is 14.0. The molecule has 0 bridgehead atoms. The van der Waals surface area contributed by atoms with E-state index in [1.54, 1.807) is 31.5 Å². The quantitative estimate of drug-likeness (QED) is 0.289. The summed E-state index contributed by atoms with van der Waals surface area (Å²) < 4.78 is 0. The zero-order chi connectivity index (χ0) is 34.1. The molecule has 2 amide bonds. The van der Waals surface area contributed by atoms with Gasteiger partial charge in [-0.05, 0) is 73.0 Å². The number of benzene rings is 2. The molecule has 0 unspecified atom stereocenters. The van der Waals surface area contributed by atoms with Crippen LogP contribution in [0.1, 0.15) is 48.1 Å². The van der Waals surface area contributed by atoms with Crippen LogP contribution in [0.25, 0.3) is 20.9 Å². The topological polar surface area (TPSA) is 165 Å². The van der Waals surface area contributed by atoms with E-state index >= 15 is 0 Å². The van der Waals surface area contributed by atoms with Crippen LogP contribution < -0.4 is 11.5 Å². The number of aliphatic imine (C=N–C) groups is 2. The summed E-state index contributed by atoms with van der Waals surface area (Å²) >= 11 is 3.02. The molecule has 6 rings (SSSR count). The Labute approximate surface area is 281 Å². The Morgan fingerprint density at radius 2 is 1.47 bits per heavy atom. The molecule has 4 N–H and O–H groups in total. The molecule has 0 radical (unpaired) electrons. The van der Waals surface area contributed by atoms with Crippen LogP contribution >= 0.6 is 22.7 Å². The molecule has 0 saturated carbocycles. The van der Waals surface area contributed by atoms with Gasteiger partial charge in [-0.3, -0.25) is 19.4 Å². The largest absolute Gasteiger partial charge is 0.369 e. The van der Waals surface area contributed by atoms with Crippen molar-refractivity contribution >= 4 is 46.4 Å². The zero-order valence-corrected chi connectivity index (χ0v) is 28.3. The highest BCUT2D eigenvalue weighted by atomic mass is 32.1. The number of amides is 2. The molecule has 4 aromatic rings. The van der Waals surface area contributed by atoms with Gasteiger partial charge in [0.05, 0.1) is 29.5 Å². The summed E-state index contributed by atoms with van der Waals surface area (Å²) in [4.78, 5) is 40.2. The monoisotopic (exact) mass is 662 g/mol. The fraction of sp³-hybridized carbons (Fsp3) is 0.257. The van der Waals surface area contributed by atoms with E-state index in [0.29, 0.717) is 16.9 Å². The molecule has 0 aliphatic carbocycles. The summed E-state index contributed by atoms with van der Waals surface area (Å²) in [7, 11) is 3.27. The zero-order valence-electron chi connectivity index (χ0n) is 26.7. The Morgan fingerprint density at radius 3 is 2.13 bits per heavy atom. The van der Waals surface area contributed by atoms with Crippen molar-refractivity contribution in [3.05, 3.63) is 93.7 Å². The number of carbonyl (C=O) groups excluding carboxylic acids is 2. The molecule has 4 heterocycles. The average Bonchev–Trinajstić information content (AvgIpc) is 3.77. The molecule has 2 aromatic carbocycles. The highest BCUT2D eigenvalue weighted by molar-refractivity contribution is 7.16. The summed E-state index contributed by atoms with van der Waals surface area (Å²) in [6.07, 6.45) is 0.294. The summed E-state index contributed by atoms with van der Waals surface area (Å²) in [5.74, 6) is 0.0712. The normalized spacial score (nSPS) is 22.4. The molecule has 3 atom stereocenters. The van der Waals surface area contributed by atoms with Gasteiger partial charge in [0, 0.05) is 28.7 Å². The first-order valence-corrected chi connectivity index (χ1v) is 16.4. The number of guanidine groups is 2. The van der Waals surface area contributed by atoms with Gasteiger partial charge in [-0.2, -0.15) is 10.5 Å². The van der Waals surface area contributed by atoms with E-state index in [0.717, 1.165) is 31.3 Å². The van der Waals surface area contributed by atoms with Crippen LogP contribution in [0.2, 0.25) is 0 Å². The Bertz CT molecular complexity index is 2010. The van der Waals surface area contributed by atoms with Gasteiger partial charge in [0.1, 0.15) is 16.5 Å². The maximum atomic E-state index is 12.5. The molecule has 0 saturated heterocycles. The third kappa shape index (κ3) is 6.39. The minimum atomic E-state index is -0.709. The number of nitrogens with two attached hydrogens (primary N) is 2. The maximum Gasteiger partial charge on any atom is 0.234 e. The Morgan fingerprint density at radius 1 is 0.830 bits per heavy atom. The number of hydrogen-bond donors (Lipinski definition) is 2. The lowest BCUT2D eigenvalue weighted by molar-refractivity contribution is -0.133. The third-order valence-corrected chi connectivity index (χ3v) is 11.1. The van der Waals surface area contributed by atoms with Gasteiger partial charge in [0.2, 0.25) is 11.8 Å². The van der Waals surface area contributed by atoms with Gasteiger partial charge in [-0.1, -0.05) is 37.3 Å². The van der Waals surface area contributed by atoms with Crippen LogP contribution in [0.4, 0.5) is 0 Å². The van der Waals surface area contributed by atoms with Gasteiger partial charge in [0.15, 0.2) is 11.9 Å². The number of rotatable bonds is 4. The summed E-state index contributed by atoms with van der Waals surface area (Å²) in [6.45, 7) is 5.73.